The van der Waals surface area contributed by atoms with Gasteiger partial charge in [0.05, 0.1) is 11.5 Å². The van der Waals surface area contributed by atoms with Gasteiger partial charge in [-0.25, -0.2) is 8.78 Å². The molecule has 3 nitrogen and oxygen atoms in total. The van der Waals surface area contributed by atoms with Crippen molar-refractivity contribution < 1.29 is 13.6 Å². The summed E-state index contributed by atoms with van der Waals surface area (Å²) in [6, 6.07) is 3.16. The van der Waals surface area contributed by atoms with Gasteiger partial charge in [-0.15, -0.1) is 0 Å². The Bertz CT molecular complexity index is 447. The van der Waals surface area contributed by atoms with Gasteiger partial charge in [0.2, 0.25) is 5.91 Å². The number of nitrogens with two attached hydrogens (primary N) is 1. The molecule has 1 rings (SSSR count). The second-order valence-corrected chi connectivity index (χ2v) is 4.96. The molecule has 1 unspecified atom stereocenters. The summed E-state index contributed by atoms with van der Waals surface area (Å²) in [4.78, 5) is 11.9. The lowest BCUT2D eigenvalue weighted by Crippen LogP contribution is -2.42. The first kappa shape index (κ1) is 14.6. The Morgan fingerprint density at radius 1 is 1.39 bits per heavy atom. The third-order valence-corrected chi connectivity index (χ3v) is 2.92. The second-order valence-electron chi connectivity index (χ2n) is 4.96. The Hall–Kier alpha value is -1.49. The van der Waals surface area contributed by atoms with Crippen LogP contribution in [0.4, 0.5) is 8.78 Å². The number of nitrogens with one attached hydrogen (secondary N) is 1. The zero-order chi connectivity index (χ0) is 13.9. The SMILES string of the molecule is CC(NC(=O)C(C)(C)CN)c1ccc(F)c(F)c1. The molecule has 0 aliphatic carbocycles. The lowest BCUT2D eigenvalue weighted by Gasteiger charge is -2.24. The molecule has 0 saturated heterocycles. The highest BCUT2D eigenvalue weighted by Crippen LogP contribution is 2.19. The number of hydrogen-bond donors (Lipinski definition) is 2. The first-order valence-corrected chi connectivity index (χ1v) is 5.74. The van der Waals surface area contributed by atoms with Gasteiger partial charge in [0, 0.05) is 6.54 Å². The van der Waals surface area contributed by atoms with Crippen LogP contribution in [0.15, 0.2) is 18.2 Å². The maximum atomic E-state index is 13.1. The highest BCUT2D eigenvalue weighted by atomic mass is 19.2. The second kappa shape index (κ2) is 5.44. The summed E-state index contributed by atoms with van der Waals surface area (Å²) in [5.41, 5.74) is 5.32. The van der Waals surface area contributed by atoms with Gasteiger partial charge in [-0.2, -0.15) is 0 Å². The van der Waals surface area contributed by atoms with E-state index in [9.17, 15) is 13.6 Å². The summed E-state index contributed by atoms with van der Waals surface area (Å²) < 4.78 is 25.9. The van der Waals surface area contributed by atoms with E-state index in [2.05, 4.69) is 5.32 Å². The molecule has 1 atom stereocenters. The summed E-state index contributed by atoms with van der Waals surface area (Å²) >= 11 is 0. The van der Waals surface area contributed by atoms with Crippen LogP contribution < -0.4 is 11.1 Å². The first-order chi connectivity index (χ1) is 8.27. The average molecular weight is 256 g/mol. The van der Waals surface area contributed by atoms with Gasteiger partial charge in [0.15, 0.2) is 11.6 Å². The van der Waals surface area contributed by atoms with Crippen molar-refractivity contribution in [1.29, 1.82) is 0 Å². The van der Waals surface area contributed by atoms with E-state index in [0.29, 0.717) is 5.56 Å². The van der Waals surface area contributed by atoms with Crippen LogP contribution in [0.2, 0.25) is 0 Å². The lowest BCUT2D eigenvalue weighted by molar-refractivity contribution is -0.129. The van der Waals surface area contributed by atoms with Gasteiger partial charge >= 0.3 is 0 Å². The smallest absolute Gasteiger partial charge is 0.227 e. The molecule has 1 aromatic rings. The molecule has 0 spiro atoms. The van der Waals surface area contributed by atoms with Crippen molar-refractivity contribution in [3.05, 3.63) is 35.4 Å². The van der Waals surface area contributed by atoms with Gasteiger partial charge in [-0.05, 0) is 38.5 Å². The normalized spacial score (nSPS) is 13.2. The summed E-state index contributed by atoms with van der Waals surface area (Å²) in [6.45, 7) is 5.36. The summed E-state index contributed by atoms with van der Waals surface area (Å²) in [5, 5.41) is 2.73. The molecule has 1 aromatic carbocycles. The number of carbonyl (C=O) groups is 1. The molecule has 3 N–H and O–H groups in total. The van der Waals surface area contributed by atoms with Crippen molar-refractivity contribution in [2.24, 2.45) is 11.1 Å². The minimum atomic E-state index is -0.924. The van der Waals surface area contributed by atoms with E-state index < -0.39 is 23.1 Å². The van der Waals surface area contributed by atoms with Crippen molar-refractivity contribution in [2.45, 2.75) is 26.8 Å². The van der Waals surface area contributed by atoms with Crippen LogP contribution >= 0.6 is 0 Å². The maximum Gasteiger partial charge on any atom is 0.227 e. The van der Waals surface area contributed by atoms with Crippen molar-refractivity contribution in [1.82, 2.24) is 5.32 Å². The van der Waals surface area contributed by atoms with Crippen LogP contribution in [0, 0.1) is 17.0 Å². The molecule has 0 saturated carbocycles. The molecule has 0 heterocycles. The number of amides is 1. The van der Waals surface area contributed by atoms with E-state index in [1.54, 1.807) is 20.8 Å². The Labute approximate surface area is 105 Å². The Morgan fingerprint density at radius 3 is 2.50 bits per heavy atom. The number of hydrogen-bond acceptors (Lipinski definition) is 2. The molecule has 0 aromatic heterocycles. The fraction of sp³-hybridized carbons (Fsp3) is 0.462. The van der Waals surface area contributed by atoms with Crippen LogP contribution in [0.25, 0.3) is 0 Å². The monoisotopic (exact) mass is 256 g/mol. The van der Waals surface area contributed by atoms with Crippen molar-refractivity contribution in [3.8, 4) is 0 Å². The molecule has 0 fully saturated rings. The molecular formula is C13H18F2N2O. The minimum Gasteiger partial charge on any atom is -0.349 e. The minimum absolute atomic E-state index is 0.212. The molecule has 0 aliphatic rings. The van der Waals surface area contributed by atoms with Gasteiger partial charge in [-0.3, -0.25) is 4.79 Å². The highest BCUT2D eigenvalue weighted by Gasteiger charge is 2.27. The van der Waals surface area contributed by atoms with Crippen molar-refractivity contribution in [3.63, 3.8) is 0 Å². The number of benzene rings is 1. The number of carbonyl (C=O) groups excluding carboxylic acids is 1. The summed E-state index contributed by atoms with van der Waals surface area (Å²) in [6.07, 6.45) is 0. The van der Waals surface area contributed by atoms with Crippen LogP contribution in [-0.4, -0.2) is 12.5 Å². The molecule has 0 bridgehead atoms. The zero-order valence-electron chi connectivity index (χ0n) is 10.8. The van der Waals surface area contributed by atoms with Gasteiger partial charge < -0.3 is 11.1 Å². The van der Waals surface area contributed by atoms with E-state index >= 15 is 0 Å². The highest BCUT2D eigenvalue weighted by molar-refractivity contribution is 5.82. The Morgan fingerprint density at radius 2 is 2.00 bits per heavy atom. The average Bonchev–Trinajstić information content (AvgIpc) is 2.32. The van der Waals surface area contributed by atoms with Crippen LogP contribution in [0.1, 0.15) is 32.4 Å². The van der Waals surface area contributed by atoms with E-state index in [0.717, 1.165) is 12.1 Å². The maximum absolute atomic E-state index is 13.1. The topological polar surface area (TPSA) is 55.1 Å². The van der Waals surface area contributed by atoms with Crippen LogP contribution in [0.5, 0.6) is 0 Å². The lowest BCUT2D eigenvalue weighted by atomic mass is 9.92. The van der Waals surface area contributed by atoms with E-state index in [1.807, 2.05) is 0 Å². The van der Waals surface area contributed by atoms with E-state index in [1.165, 1.54) is 6.07 Å². The predicted octanol–water partition coefficient (Wildman–Crippen LogP) is 2.13. The fourth-order valence-electron chi connectivity index (χ4n) is 1.35. The zero-order valence-corrected chi connectivity index (χ0v) is 10.8. The molecular weight excluding hydrogens is 238 g/mol. The quantitative estimate of drug-likeness (QED) is 0.867. The molecule has 0 aliphatic heterocycles. The number of rotatable bonds is 4. The van der Waals surface area contributed by atoms with Gasteiger partial charge in [0.1, 0.15) is 0 Å². The summed E-state index contributed by atoms with van der Waals surface area (Å²) in [5.74, 6) is -2.05. The third-order valence-electron chi connectivity index (χ3n) is 2.92. The van der Waals surface area contributed by atoms with Gasteiger partial charge in [-0.1, -0.05) is 6.07 Å². The standard InChI is InChI=1S/C13H18F2N2O/c1-8(17-12(18)13(2,3)7-16)9-4-5-10(14)11(15)6-9/h4-6,8H,7,16H2,1-3H3,(H,17,18). The van der Waals surface area contributed by atoms with Crippen molar-refractivity contribution in [2.75, 3.05) is 6.54 Å². The molecule has 100 valence electrons. The van der Waals surface area contributed by atoms with Gasteiger partial charge in [0.25, 0.3) is 0 Å². The third kappa shape index (κ3) is 3.26. The predicted molar refractivity (Wildman–Crippen MR) is 65.8 cm³/mol. The fourth-order valence-corrected chi connectivity index (χ4v) is 1.35. The van der Waals surface area contributed by atoms with E-state index in [4.69, 9.17) is 5.73 Å². The first-order valence-electron chi connectivity index (χ1n) is 5.74. The number of halogens is 2. The largest absolute Gasteiger partial charge is 0.349 e. The Kier molecular flexibility index (Phi) is 4.40. The van der Waals surface area contributed by atoms with Crippen LogP contribution in [-0.2, 0) is 4.79 Å². The molecule has 0 radical (unpaired) electrons. The molecule has 1 amide bonds. The summed E-state index contributed by atoms with van der Waals surface area (Å²) in [7, 11) is 0. The van der Waals surface area contributed by atoms with Crippen LogP contribution in [0.3, 0.4) is 0 Å². The Balaban J connectivity index is 2.79. The molecule has 5 heteroatoms. The van der Waals surface area contributed by atoms with E-state index in [-0.39, 0.29) is 12.5 Å². The molecule has 18 heavy (non-hydrogen) atoms. The van der Waals surface area contributed by atoms with Crippen molar-refractivity contribution >= 4 is 5.91 Å².